The van der Waals surface area contributed by atoms with Crippen LogP contribution in [0, 0.1) is 0 Å². The van der Waals surface area contributed by atoms with Gasteiger partial charge in [0, 0.05) is 17.7 Å². The van der Waals surface area contributed by atoms with Crippen LogP contribution in [0.1, 0.15) is 35.9 Å². The predicted octanol–water partition coefficient (Wildman–Crippen LogP) is 5.69. The van der Waals surface area contributed by atoms with Gasteiger partial charge in [0.1, 0.15) is 5.75 Å². The molecule has 1 aliphatic carbocycles. The van der Waals surface area contributed by atoms with Gasteiger partial charge < -0.3 is 24.8 Å². The Morgan fingerprint density at radius 1 is 0.765 bits per heavy atom. The molecule has 6 nitrogen and oxygen atoms in total. The lowest BCUT2D eigenvalue weighted by Crippen LogP contribution is -2.26. The van der Waals surface area contributed by atoms with E-state index in [9.17, 15) is 4.79 Å². The lowest BCUT2D eigenvalue weighted by Gasteiger charge is -2.30. The molecule has 3 aromatic carbocycles. The van der Waals surface area contributed by atoms with Gasteiger partial charge in [0.15, 0.2) is 17.3 Å². The number of para-hydroxylation sites is 2. The quantitative estimate of drug-likeness (QED) is 0.514. The molecule has 1 aliphatic heterocycles. The van der Waals surface area contributed by atoms with Gasteiger partial charge in [-0.15, -0.1) is 0 Å². The van der Waals surface area contributed by atoms with E-state index in [1.165, 1.54) is 0 Å². The fraction of sp³-hybridized carbons (Fsp3) is 0.250. The summed E-state index contributed by atoms with van der Waals surface area (Å²) in [6, 6.07) is 21.6. The number of ketones is 1. The Kier molecular flexibility index (Phi) is 5.88. The van der Waals surface area contributed by atoms with Gasteiger partial charge in [-0.25, -0.2) is 0 Å². The van der Waals surface area contributed by atoms with Crippen molar-refractivity contribution in [2.75, 3.05) is 32.0 Å². The summed E-state index contributed by atoms with van der Waals surface area (Å²) in [5, 5.41) is 7.19. The van der Waals surface area contributed by atoms with Gasteiger partial charge in [0.2, 0.25) is 0 Å². The number of allylic oxidation sites excluding steroid dienone is 1. The SMILES string of the molecule is COc1ccc([C@H]2CC(=O)C3=C(C2)Nc2ccccc2N[C@@H]3c2ccc(OC)c(OC)c2)cc1. The number of anilines is 2. The molecule has 0 saturated heterocycles. The highest BCUT2D eigenvalue weighted by Gasteiger charge is 2.36. The van der Waals surface area contributed by atoms with Crippen molar-refractivity contribution in [2.24, 2.45) is 0 Å². The lowest BCUT2D eigenvalue weighted by atomic mass is 9.78. The van der Waals surface area contributed by atoms with Gasteiger partial charge >= 0.3 is 0 Å². The Bertz CT molecular complexity index is 1250. The Labute approximate surface area is 199 Å². The second-order valence-corrected chi connectivity index (χ2v) is 8.56. The normalized spacial score (nSPS) is 19.2. The average molecular weight is 457 g/mol. The van der Waals surface area contributed by atoms with Gasteiger partial charge in [-0.2, -0.15) is 0 Å². The molecule has 1 heterocycles. The Hall–Kier alpha value is -3.93. The molecule has 2 aliphatic rings. The van der Waals surface area contributed by atoms with Crippen LogP contribution in [0.4, 0.5) is 11.4 Å². The molecule has 0 bridgehead atoms. The number of Topliss-reactive ketones (excluding diaryl/α,β-unsaturated/α-hetero) is 1. The third-order valence-corrected chi connectivity index (χ3v) is 6.64. The first-order valence-corrected chi connectivity index (χ1v) is 11.4. The Morgan fingerprint density at radius 3 is 2.18 bits per heavy atom. The number of fused-ring (bicyclic) bond motifs is 1. The molecular formula is C28H28N2O4. The number of carbonyl (C=O) groups excluding carboxylic acids is 1. The molecule has 0 radical (unpaired) electrons. The van der Waals surface area contributed by atoms with Crippen LogP contribution in [0.15, 0.2) is 78.0 Å². The van der Waals surface area contributed by atoms with Crippen molar-refractivity contribution in [2.45, 2.75) is 24.8 Å². The van der Waals surface area contributed by atoms with Crippen LogP contribution < -0.4 is 24.8 Å². The summed E-state index contributed by atoms with van der Waals surface area (Å²) >= 11 is 0. The molecule has 0 aromatic heterocycles. The molecule has 2 atom stereocenters. The first kappa shape index (κ1) is 21.9. The molecule has 0 amide bonds. The minimum absolute atomic E-state index is 0.0981. The topological polar surface area (TPSA) is 68.8 Å². The van der Waals surface area contributed by atoms with Crippen molar-refractivity contribution in [3.63, 3.8) is 0 Å². The fourth-order valence-electron chi connectivity index (χ4n) is 4.89. The standard InChI is InChI=1S/C28H28N2O4/c1-32-20-11-8-17(9-12-20)19-14-23-27(24(31)15-19)28(30-22-7-5-4-6-21(22)29-23)18-10-13-25(33-2)26(16-18)34-3/h4-13,16,19,28-30H,14-15H2,1-3H3/t19-,28-/m1/s1. The van der Waals surface area contributed by atoms with Crippen LogP contribution in [-0.2, 0) is 4.79 Å². The summed E-state index contributed by atoms with van der Waals surface area (Å²) in [6.45, 7) is 0. The van der Waals surface area contributed by atoms with Gasteiger partial charge in [-0.3, -0.25) is 4.79 Å². The summed E-state index contributed by atoms with van der Waals surface area (Å²) in [4.78, 5) is 13.7. The van der Waals surface area contributed by atoms with Crippen molar-refractivity contribution in [3.05, 3.63) is 89.1 Å². The van der Waals surface area contributed by atoms with Gasteiger partial charge in [-0.1, -0.05) is 30.3 Å². The molecule has 0 saturated carbocycles. The monoisotopic (exact) mass is 456 g/mol. The number of hydrogen-bond donors (Lipinski definition) is 2. The number of rotatable bonds is 5. The second-order valence-electron chi connectivity index (χ2n) is 8.56. The maximum Gasteiger partial charge on any atom is 0.163 e. The van der Waals surface area contributed by atoms with Crippen LogP contribution in [0.25, 0.3) is 0 Å². The number of methoxy groups -OCH3 is 3. The third kappa shape index (κ3) is 3.96. The Balaban J connectivity index is 1.58. The molecule has 174 valence electrons. The van der Waals surface area contributed by atoms with E-state index in [4.69, 9.17) is 14.2 Å². The average Bonchev–Trinajstić information content (AvgIpc) is 3.05. The summed E-state index contributed by atoms with van der Waals surface area (Å²) in [5.74, 6) is 2.33. The molecule has 0 unspecified atom stereocenters. The van der Waals surface area contributed by atoms with Crippen LogP contribution in [0.5, 0.6) is 17.2 Å². The molecule has 34 heavy (non-hydrogen) atoms. The zero-order valence-corrected chi connectivity index (χ0v) is 19.6. The van der Waals surface area contributed by atoms with E-state index in [0.29, 0.717) is 17.9 Å². The van der Waals surface area contributed by atoms with Crippen LogP contribution >= 0.6 is 0 Å². The smallest absolute Gasteiger partial charge is 0.163 e. The zero-order valence-electron chi connectivity index (χ0n) is 19.6. The van der Waals surface area contributed by atoms with Crippen molar-refractivity contribution in [1.29, 1.82) is 0 Å². The van der Waals surface area contributed by atoms with Crippen molar-refractivity contribution < 1.29 is 19.0 Å². The van der Waals surface area contributed by atoms with E-state index >= 15 is 0 Å². The van der Waals surface area contributed by atoms with E-state index in [1.54, 1.807) is 21.3 Å². The van der Waals surface area contributed by atoms with Gasteiger partial charge in [-0.05, 0) is 59.9 Å². The Morgan fingerprint density at radius 2 is 1.47 bits per heavy atom. The number of carbonyl (C=O) groups is 1. The molecule has 3 aromatic rings. The van der Waals surface area contributed by atoms with Crippen molar-refractivity contribution in [3.8, 4) is 17.2 Å². The van der Waals surface area contributed by atoms with Crippen LogP contribution in [-0.4, -0.2) is 27.1 Å². The van der Waals surface area contributed by atoms with E-state index in [1.807, 2.05) is 54.6 Å². The number of hydrogen-bond acceptors (Lipinski definition) is 6. The number of benzene rings is 3. The fourth-order valence-corrected chi connectivity index (χ4v) is 4.89. The molecule has 6 heteroatoms. The summed E-state index contributed by atoms with van der Waals surface area (Å²) < 4.78 is 16.3. The van der Waals surface area contributed by atoms with Crippen molar-refractivity contribution in [1.82, 2.24) is 0 Å². The predicted molar refractivity (Wildman–Crippen MR) is 133 cm³/mol. The minimum atomic E-state index is -0.310. The van der Waals surface area contributed by atoms with Crippen LogP contribution in [0.3, 0.4) is 0 Å². The van der Waals surface area contributed by atoms with Gasteiger partial charge in [0.05, 0.1) is 38.7 Å². The number of nitrogens with one attached hydrogen (secondary N) is 2. The second kappa shape index (κ2) is 9.14. The highest BCUT2D eigenvalue weighted by molar-refractivity contribution is 6.01. The summed E-state index contributed by atoms with van der Waals surface area (Å²) in [5.41, 5.74) is 5.71. The highest BCUT2D eigenvalue weighted by Crippen LogP contribution is 2.45. The molecule has 0 spiro atoms. The summed E-state index contributed by atoms with van der Waals surface area (Å²) in [6.07, 6.45) is 1.20. The molecule has 2 N–H and O–H groups in total. The molecule has 0 fully saturated rings. The molecular weight excluding hydrogens is 428 g/mol. The van der Waals surface area contributed by atoms with Crippen LogP contribution in [0.2, 0.25) is 0 Å². The minimum Gasteiger partial charge on any atom is -0.497 e. The first-order valence-electron chi connectivity index (χ1n) is 11.4. The van der Waals surface area contributed by atoms with E-state index < -0.39 is 0 Å². The summed E-state index contributed by atoms with van der Waals surface area (Å²) in [7, 11) is 4.89. The van der Waals surface area contributed by atoms with E-state index in [-0.39, 0.29) is 17.7 Å². The van der Waals surface area contributed by atoms with E-state index in [0.717, 1.165) is 45.9 Å². The zero-order chi connectivity index (χ0) is 23.7. The molecule has 5 rings (SSSR count). The maximum absolute atomic E-state index is 13.7. The maximum atomic E-state index is 13.7. The van der Waals surface area contributed by atoms with Gasteiger partial charge in [0.25, 0.3) is 0 Å². The van der Waals surface area contributed by atoms with Crippen molar-refractivity contribution >= 4 is 17.2 Å². The third-order valence-electron chi connectivity index (χ3n) is 6.64. The highest BCUT2D eigenvalue weighted by atomic mass is 16.5. The first-order chi connectivity index (χ1) is 16.6. The largest absolute Gasteiger partial charge is 0.497 e. The number of ether oxygens (including phenoxy) is 3. The van der Waals surface area contributed by atoms with E-state index in [2.05, 4.69) is 22.8 Å². The lowest BCUT2D eigenvalue weighted by molar-refractivity contribution is -0.116.